The Balaban J connectivity index is 2.60. The second-order valence-electron chi connectivity index (χ2n) is 2.78. The van der Waals surface area contributed by atoms with E-state index < -0.39 is 5.50 Å². The zero-order valence-corrected chi connectivity index (χ0v) is 7.55. The molecule has 4 heteroatoms. The lowest BCUT2D eigenvalue weighted by molar-refractivity contribution is 0.155. The maximum Gasteiger partial charge on any atom is 0.133 e. The van der Waals surface area contributed by atoms with E-state index in [0.717, 1.165) is 16.5 Å². The first-order valence-corrected chi connectivity index (χ1v) is 4.36. The Kier molecular flexibility index (Phi) is 2.22. The number of alkyl halides is 1. The normalized spacial score (nSPS) is 13.4. The molecule has 0 saturated carbocycles. The van der Waals surface area contributed by atoms with Crippen LogP contribution in [-0.2, 0) is 0 Å². The second-order valence-corrected chi connectivity index (χ2v) is 3.22. The van der Waals surface area contributed by atoms with Crippen LogP contribution in [0.1, 0.15) is 11.1 Å². The number of hydroxylamine groups is 1. The van der Waals surface area contributed by atoms with E-state index in [1.807, 2.05) is 35.9 Å². The van der Waals surface area contributed by atoms with Crippen LogP contribution >= 0.6 is 11.6 Å². The van der Waals surface area contributed by atoms with Crippen molar-refractivity contribution in [3.63, 3.8) is 0 Å². The van der Waals surface area contributed by atoms with E-state index in [-0.39, 0.29) is 0 Å². The molecule has 3 N–H and O–H groups in total. The number of benzene rings is 1. The first kappa shape index (κ1) is 8.56. The fourth-order valence-corrected chi connectivity index (χ4v) is 1.57. The van der Waals surface area contributed by atoms with Gasteiger partial charge in [0.25, 0.3) is 0 Å². The Labute approximate surface area is 80.3 Å². The van der Waals surface area contributed by atoms with E-state index in [4.69, 9.17) is 16.8 Å². The Morgan fingerprint density at radius 1 is 1.38 bits per heavy atom. The van der Waals surface area contributed by atoms with Crippen LogP contribution in [0.2, 0.25) is 0 Å². The van der Waals surface area contributed by atoms with Gasteiger partial charge < -0.3 is 10.2 Å². The first-order valence-electron chi connectivity index (χ1n) is 3.92. The minimum absolute atomic E-state index is 0.581. The number of para-hydroxylation sites is 1. The maximum absolute atomic E-state index is 8.69. The number of aromatic nitrogens is 1. The summed E-state index contributed by atoms with van der Waals surface area (Å²) >= 11 is 5.85. The van der Waals surface area contributed by atoms with Gasteiger partial charge in [-0.05, 0) is 11.5 Å². The van der Waals surface area contributed by atoms with Crippen LogP contribution in [0.3, 0.4) is 0 Å². The molecule has 1 aromatic heterocycles. The van der Waals surface area contributed by atoms with Crippen molar-refractivity contribution in [1.29, 1.82) is 0 Å². The minimum Gasteiger partial charge on any atom is -0.361 e. The average Bonchev–Trinajstić information content (AvgIpc) is 2.63. The third-order valence-electron chi connectivity index (χ3n) is 2.01. The summed E-state index contributed by atoms with van der Waals surface area (Å²) in [5.41, 5.74) is 3.22. The molecule has 2 rings (SSSR count). The molecule has 0 spiro atoms. The minimum atomic E-state index is -0.581. The van der Waals surface area contributed by atoms with Crippen molar-refractivity contribution in [3.8, 4) is 0 Å². The molecule has 13 heavy (non-hydrogen) atoms. The summed E-state index contributed by atoms with van der Waals surface area (Å²) < 4.78 is 0. The van der Waals surface area contributed by atoms with E-state index >= 15 is 0 Å². The number of hydrogen-bond acceptors (Lipinski definition) is 2. The highest BCUT2D eigenvalue weighted by molar-refractivity contribution is 6.21. The molecule has 0 bridgehead atoms. The fourth-order valence-electron chi connectivity index (χ4n) is 1.39. The second kappa shape index (κ2) is 3.38. The van der Waals surface area contributed by atoms with Gasteiger partial charge in [-0.2, -0.15) is 5.48 Å². The van der Waals surface area contributed by atoms with Crippen molar-refractivity contribution in [3.05, 3.63) is 36.0 Å². The van der Waals surface area contributed by atoms with Crippen molar-refractivity contribution in [1.82, 2.24) is 10.5 Å². The number of halogens is 1. The monoisotopic (exact) mass is 196 g/mol. The standard InChI is InChI=1S/C9H9ClN2O/c10-9(12-13)7-3-1-2-6-4-5-11-8(6)7/h1-5,9,11-13H. The molecule has 68 valence electrons. The summed E-state index contributed by atoms with van der Waals surface area (Å²) in [6.07, 6.45) is 1.84. The lowest BCUT2D eigenvalue weighted by atomic mass is 10.1. The Morgan fingerprint density at radius 2 is 2.23 bits per heavy atom. The molecule has 0 aliphatic carbocycles. The summed E-state index contributed by atoms with van der Waals surface area (Å²) in [6.45, 7) is 0. The molecule has 0 saturated heterocycles. The van der Waals surface area contributed by atoms with Crippen molar-refractivity contribution in [2.75, 3.05) is 0 Å². The molecular weight excluding hydrogens is 188 g/mol. The summed E-state index contributed by atoms with van der Waals surface area (Å²) in [6, 6.07) is 7.70. The number of rotatable bonds is 2. The maximum atomic E-state index is 8.69. The van der Waals surface area contributed by atoms with Gasteiger partial charge in [0.1, 0.15) is 5.50 Å². The van der Waals surface area contributed by atoms with Crippen molar-refractivity contribution in [2.24, 2.45) is 0 Å². The van der Waals surface area contributed by atoms with Crippen LogP contribution in [0.5, 0.6) is 0 Å². The largest absolute Gasteiger partial charge is 0.361 e. The third kappa shape index (κ3) is 1.42. The molecule has 1 atom stereocenters. The molecule has 1 aromatic carbocycles. The van der Waals surface area contributed by atoms with E-state index in [2.05, 4.69) is 4.98 Å². The number of hydrogen-bond donors (Lipinski definition) is 3. The molecule has 3 nitrogen and oxygen atoms in total. The predicted molar refractivity (Wildman–Crippen MR) is 51.8 cm³/mol. The molecular formula is C9H9ClN2O. The van der Waals surface area contributed by atoms with Crippen molar-refractivity contribution < 1.29 is 5.21 Å². The highest BCUT2D eigenvalue weighted by Crippen LogP contribution is 2.24. The van der Waals surface area contributed by atoms with Gasteiger partial charge in [-0.15, -0.1) is 0 Å². The Bertz CT molecular complexity index is 413. The number of nitrogens with one attached hydrogen (secondary N) is 2. The Morgan fingerprint density at radius 3 is 3.00 bits per heavy atom. The highest BCUT2D eigenvalue weighted by atomic mass is 35.5. The van der Waals surface area contributed by atoms with Gasteiger partial charge in [-0.3, -0.25) is 0 Å². The molecule has 0 amide bonds. The number of H-pyrrole nitrogens is 1. The van der Waals surface area contributed by atoms with Crippen molar-refractivity contribution >= 4 is 22.5 Å². The van der Waals surface area contributed by atoms with Crippen LogP contribution in [0.4, 0.5) is 0 Å². The molecule has 1 heterocycles. The molecule has 0 aliphatic rings. The van der Waals surface area contributed by atoms with Gasteiger partial charge >= 0.3 is 0 Å². The van der Waals surface area contributed by atoms with E-state index in [0.29, 0.717) is 0 Å². The summed E-state index contributed by atoms with van der Waals surface area (Å²) in [4.78, 5) is 3.07. The first-order chi connectivity index (χ1) is 6.33. The summed E-state index contributed by atoms with van der Waals surface area (Å²) in [7, 11) is 0. The number of fused-ring (bicyclic) bond motifs is 1. The van der Waals surface area contributed by atoms with Crippen LogP contribution in [0, 0.1) is 0 Å². The van der Waals surface area contributed by atoms with Gasteiger partial charge in [0.15, 0.2) is 0 Å². The van der Waals surface area contributed by atoms with Gasteiger partial charge in [0.05, 0.1) is 5.52 Å². The molecule has 0 fully saturated rings. The van der Waals surface area contributed by atoms with Crippen LogP contribution in [0.25, 0.3) is 10.9 Å². The number of aromatic amines is 1. The molecule has 0 aliphatic heterocycles. The lowest BCUT2D eigenvalue weighted by Gasteiger charge is -2.07. The quantitative estimate of drug-likeness (QED) is 0.392. The smallest absolute Gasteiger partial charge is 0.133 e. The predicted octanol–water partition coefficient (Wildman–Crippen LogP) is 2.38. The zero-order chi connectivity index (χ0) is 9.26. The molecule has 2 aromatic rings. The van der Waals surface area contributed by atoms with Crippen LogP contribution in [0.15, 0.2) is 30.5 Å². The van der Waals surface area contributed by atoms with Gasteiger partial charge in [-0.25, -0.2) is 0 Å². The Hall–Kier alpha value is -1.03. The van der Waals surface area contributed by atoms with Crippen molar-refractivity contribution in [2.45, 2.75) is 5.50 Å². The molecule has 1 unspecified atom stereocenters. The fraction of sp³-hybridized carbons (Fsp3) is 0.111. The summed E-state index contributed by atoms with van der Waals surface area (Å²) in [5.74, 6) is 0. The van der Waals surface area contributed by atoms with E-state index in [9.17, 15) is 0 Å². The third-order valence-corrected chi connectivity index (χ3v) is 2.34. The van der Waals surface area contributed by atoms with Crippen LogP contribution < -0.4 is 5.48 Å². The average molecular weight is 197 g/mol. The van der Waals surface area contributed by atoms with Gasteiger partial charge in [-0.1, -0.05) is 29.8 Å². The van der Waals surface area contributed by atoms with Crippen LogP contribution in [-0.4, -0.2) is 10.2 Å². The van der Waals surface area contributed by atoms with Gasteiger partial charge in [0.2, 0.25) is 0 Å². The van der Waals surface area contributed by atoms with Gasteiger partial charge in [0, 0.05) is 11.8 Å². The zero-order valence-electron chi connectivity index (χ0n) is 6.79. The van der Waals surface area contributed by atoms with E-state index in [1.165, 1.54) is 0 Å². The topological polar surface area (TPSA) is 48.0 Å². The molecule has 0 radical (unpaired) electrons. The highest BCUT2D eigenvalue weighted by Gasteiger charge is 2.09. The SMILES string of the molecule is ONC(Cl)c1cccc2cc[nH]c12. The van der Waals surface area contributed by atoms with E-state index in [1.54, 1.807) is 0 Å². The lowest BCUT2D eigenvalue weighted by Crippen LogP contribution is -2.11. The summed E-state index contributed by atoms with van der Waals surface area (Å²) in [5, 5.41) is 9.77.